The van der Waals surface area contributed by atoms with E-state index in [1.165, 1.54) is 28.6 Å². The third kappa shape index (κ3) is 4.42. The van der Waals surface area contributed by atoms with Crippen LogP contribution >= 0.6 is 11.3 Å². The van der Waals surface area contributed by atoms with Crippen molar-refractivity contribution in [3.8, 4) is 11.4 Å². The topological polar surface area (TPSA) is 103 Å². The van der Waals surface area contributed by atoms with Gasteiger partial charge in [-0.2, -0.15) is 9.29 Å². The lowest BCUT2D eigenvalue weighted by atomic mass is 10.0. The summed E-state index contributed by atoms with van der Waals surface area (Å²) in [6, 6.07) is 8.82. The van der Waals surface area contributed by atoms with E-state index >= 15 is 0 Å². The summed E-state index contributed by atoms with van der Waals surface area (Å²) in [4.78, 5) is 16.6. The van der Waals surface area contributed by atoms with Gasteiger partial charge in [0.05, 0.1) is 5.92 Å². The fraction of sp³-hybridized carbons (Fsp3) is 0.316. The normalized spacial score (nSPS) is 17.7. The number of carbonyl (C=O) groups is 1. The van der Waals surface area contributed by atoms with Crippen LogP contribution in [0.1, 0.15) is 18.7 Å². The average molecular weight is 452 g/mol. The van der Waals surface area contributed by atoms with E-state index < -0.39 is 21.9 Å². The van der Waals surface area contributed by atoms with Gasteiger partial charge < -0.3 is 9.26 Å². The summed E-state index contributed by atoms with van der Waals surface area (Å²) in [6.45, 7) is 0.222. The lowest BCUT2D eigenvalue weighted by Gasteiger charge is -2.30. The number of aromatic nitrogens is 2. The molecule has 8 nitrogen and oxygen atoms in total. The number of ether oxygens (including phenoxy) is 1. The molecule has 0 amide bonds. The maximum atomic E-state index is 13.0. The smallest absolute Gasteiger partial charge is 0.310 e. The highest BCUT2D eigenvalue weighted by Crippen LogP contribution is 2.27. The van der Waals surface area contributed by atoms with Crippen molar-refractivity contribution in [2.45, 2.75) is 23.7 Å². The molecular weight excluding hydrogens is 433 g/mol. The van der Waals surface area contributed by atoms with Gasteiger partial charge in [0.2, 0.25) is 5.82 Å². The summed E-state index contributed by atoms with van der Waals surface area (Å²) >= 11 is 1.15. The zero-order valence-electron chi connectivity index (χ0n) is 15.7. The van der Waals surface area contributed by atoms with Gasteiger partial charge in [0.25, 0.3) is 15.9 Å². The van der Waals surface area contributed by atoms with Crippen LogP contribution in [0.4, 0.5) is 4.39 Å². The molecule has 1 fully saturated rings. The van der Waals surface area contributed by atoms with Gasteiger partial charge in [-0.3, -0.25) is 4.79 Å². The number of halogens is 1. The predicted octanol–water partition coefficient (Wildman–Crippen LogP) is 3.08. The highest BCUT2D eigenvalue weighted by molar-refractivity contribution is 7.91. The average Bonchev–Trinajstić information content (AvgIpc) is 3.45. The molecule has 1 aliphatic heterocycles. The molecule has 0 bridgehead atoms. The number of sulfonamides is 1. The number of hydrogen-bond donors (Lipinski definition) is 0. The molecular formula is C19H18FN3O5S2. The summed E-state index contributed by atoms with van der Waals surface area (Å²) in [5.74, 6) is -1.09. The van der Waals surface area contributed by atoms with Crippen LogP contribution in [0.3, 0.4) is 0 Å². The SMILES string of the molecule is O=C(OCc1nc(-c2ccc(F)cc2)no1)C1CCCN(S(=O)(=O)c2cccs2)C1. The van der Waals surface area contributed by atoms with Crippen LogP contribution in [0.15, 0.2) is 50.5 Å². The Labute approximate surface area is 176 Å². The summed E-state index contributed by atoms with van der Waals surface area (Å²) in [6.07, 6.45) is 1.11. The summed E-state index contributed by atoms with van der Waals surface area (Å²) in [7, 11) is -3.61. The van der Waals surface area contributed by atoms with Gasteiger partial charge in [0.1, 0.15) is 10.0 Å². The molecule has 11 heteroatoms. The first-order valence-corrected chi connectivity index (χ1v) is 11.5. The molecule has 4 rings (SSSR count). The van der Waals surface area contributed by atoms with E-state index in [0.29, 0.717) is 24.9 Å². The number of benzene rings is 1. The molecule has 0 aliphatic carbocycles. The number of hydrogen-bond acceptors (Lipinski definition) is 8. The fourth-order valence-electron chi connectivity index (χ4n) is 3.17. The Morgan fingerprint density at radius 2 is 2.10 bits per heavy atom. The van der Waals surface area contributed by atoms with Crippen LogP contribution < -0.4 is 0 Å². The van der Waals surface area contributed by atoms with Gasteiger partial charge >= 0.3 is 5.97 Å². The van der Waals surface area contributed by atoms with Crippen LogP contribution in [0.25, 0.3) is 11.4 Å². The van der Waals surface area contributed by atoms with E-state index in [2.05, 4.69) is 10.1 Å². The third-order valence-electron chi connectivity index (χ3n) is 4.72. The quantitative estimate of drug-likeness (QED) is 0.531. The lowest BCUT2D eigenvalue weighted by molar-refractivity contribution is -0.151. The minimum atomic E-state index is -3.61. The molecule has 1 unspecified atom stereocenters. The van der Waals surface area contributed by atoms with Crippen molar-refractivity contribution >= 4 is 27.3 Å². The molecule has 1 aliphatic rings. The van der Waals surface area contributed by atoms with Crippen molar-refractivity contribution in [2.75, 3.05) is 13.1 Å². The van der Waals surface area contributed by atoms with Crippen molar-refractivity contribution < 1.29 is 26.9 Å². The molecule has 0 spiro atoms. The Balaban J connectivity index is 1.36. The van der Waals surface area contributed by atoms with Gasteiger partial charge in [0, 0.05) is 18.7 Å². The van der Waals surface area contributed by atoms with Crippen molar-refractivity contribution in [2.24, 2.45) is 5.92 Å². The molecule has 0 radical (unpaired) electrons. The first-order chi connectivity index (χ1) is 14.4. The molecule has 1 saturated heterocycles. The Hall–Kier alpha value is -2.63. The number of thiophene rings is 1. The second-order valence-corrected chi connectivity index (χ2v) is 9.87. The summed E-state index contributed by atoms with van der Waals surface area (Å²) < 4.78 is 50.3. The second-order valence-electron chi connectivity index (χ2n) is 6.76. The number of rotatable bonds is 6. The van der Waals surface area contributed by atoms with Crippen molar-refractivity contribution in [3.63, 3.8) is 0 Å². The fourth-order valence-corrected chi connectivity index (χ4v) is 5.84. The van der Waals surface area contributed by atoms with Crippen LogP contribution in [0.2, 0.25) is 0 Å². The first-order valence-electron chi connectivity index (χ1n) is 9.22. The molecule has 0 N–H and O–H groups in total. The number of carbonyl (C=O) groups excluding carboxylic acids is 1. The monoisotopic (exact) mass is 451 g/mol. The van der Waals surface area contributed by atoms with Crippen molar-refractivity contribution in [3.05, 3.63) is 53.5 Å². The van der Waals surface area contributed by atoms with Gasteiger partial charge in [-0.05, 0) is 48.6 Å². The largest absolute Gasteiger partial charge is 0.455 e. The van der Waals surface area contributed by atoms with Gasteiger partial charge in [-0.1, -0.05) is 11.2 Å². The number of esters is 1. The van der Waals surface area contributed by atoms with Crippen molar-refractivity contribution in [1.82, 2.24) is 14.4 Å². The highest BCUT2D eigenvalue weighted by Gasteiger charge is 2.34. The molecule has 0 saturated carbocycles. The minimum absolute atomic E-state index is 0.0731. The molecule has 3 aromatic rings. The molecule has 3 heterocycles. The molecule has 1 atom stereocenters. The van der Waals surface area contributed by atoms with Crippen LogP contribution in [0.5, 0.6) is 0 Å². The molecule has 30 heavy (non-hydrogen) atoms. The molecule has 2 aromatic heterocycles. The van der Waals surface area contributed by atoms with Gasteiger partial charge in [-0.15, -0.1) is 11.3 Å². The first kappa shape index (κ1) is 20.6. The summed E-state index contributed by atoms with van der Waals surface area (Å²) in [5, 5.41) is 5.49. The Bertz CT molecular complexity index is 1110. The third-order valence-corrected chi connectivity index (χ3v) is 7.95. The van der Waals surface area contributed by atoms with E-state index in [0.717, 1.165) is 11.3 Å². The van der Waals surface area contributed by atoms with E-state index in [1.807, 2.05) is 0 Å². The van der Waals surface area contributed by atoms with E-state index in [-0.39, 0.29) is 34.9 Å². The standard InChI is InChI=1S/C19H18FN3O5S2/c20-15-7-5-13(6-8-15)18-21-16(28-22-18)12-27-19(24)14-3-1-9-23(11-14)30(25,26)17-4-2-10-29-17/h2,4-8,10,14H,1,3,9,11-12H2. The Kier molecular flexibility index (Phi) is 5.93. The maximum absolute atomic E-state index is 13.0. The van der Waals surface area contributed by atoms with Crippen LogP contribution in [0, 0.1) is 11.7 Å². The van der Waals surface area contributed by atoms with E-state index in [1.54, 1.807) is 17.5 Å². The Morgan fingerprint density at radius 3 is 2.83 bits per heavy atom. The lowest BCUT2D eigenvalue weighted by Crippen LogP contribution is -2.42. The van der Waals surface area contributed by atoms with E-state index in [4.69, 9.17) is 9.26 Å². The zero-order chi connectivity index (χ0) is 21.1. The van der Waals surface area contributed by atoms with Crippen LogP contribution in [-0.4, -0.2) is 41.9 Å². The maximum Gasteiger partial charge on any atom is 0.310 e. The Morgan fingerprint density at radius 1 is 1.30 bits per heavy atom. The highest BCUT2D eigenvalue weighted by atomic mass is 32.2. The van der Waals surface area contributed by atoms with E-state index in [9.17, 15) is 17.6 Å². The second kappa shape index (κ2) is 8.62. The minimum Gasteiger partial charge on any atom is -0.455 e. The molecule has 1 aromatic carbocycles. The van der Waals surface area contributed by atoms with Crippen molar-refractivity contribution in [1.29, 1.82) is 0 Å². The summed E-state index contributed by atoms with van der Waals surface area (Å²) in [5.41, 5.74) is 0.569. The number of piperidine rings is 1. The zero-order valence-corrected chi connectivity index (χ0v) is 17.4. The predicted molar refractivity (Wildman–Crippen MR) is 105 cm³/mol. The van der Waals surface area contributed by atoms with Gasteiger partial charge in [-0.25, -0.2) is 12.8 Å². The number of nitrogens with zero attached hydrogens (tertiary/aromatic N) is 3. The van der Waals surface area contributed by atoms with Gasteiger partial charge in [0.15, 0.2) is 6.61 Å². The molecule has 158 valence electrons. The van der Waals surface area contributed by atoms with Crippen LogP contribution in [-0.2, 0) is 26.2 Å².